The molecule has 0 aliphatic carbocycles. The lowest BCUT2D eigenvalue weighted by atomic mass is 9.87. The van der Waals surface area contributed by atoms with Gasteiger partial charge in [0, 0.05) is 13.1 Å². The van der Waals surface area contributed by atoms with Gasteiger partial charge in [0.1, 0.15) is 0 Å². The molecule has 0 saturated carbocycles. The molecule has 13 heavy (non-hydrogen) atoms. The summed E-state index contributed by atoms with van der Waals surface area (Å²) in [6, 6.07) is 0.349. The number of rotatable bonds is 4. The maximum atomic E-state index is 10.6. The standard InChI is InChI=1S/C8H14N2O3/c11-7(12)1-8(4-9-5-8)10-6-2-13-3-6/h6,9-10H,1-5H2,(H,11,12). The molecular formula is C8H14N2O3. The van der Waals surface area contributed by atoms with Gasteiger partial charge in [-0.15, -0.1) is 0 Å². The van der Waals surface area contributed by atoms with Gasteiger partial charge in [-0.2, -0.15) is 0 Å². The van der Waals surface area contributed by atoms with Gasteiger partial charge in [-0.05, 0) is 0 Å². The van der Waals surface area contributed by atoms with Crippen molar-refractivity contribution in [1.29, 1.82) is 0 Å². The van der Waals surface area contributed by atoms with Crippen LogP contribution in [0.25, 0.3) is 0 Å². The molecule has 5 nitrogen and oxygen atoms in total. The van der Waals surface area contributed by atoms with E-state index in [9.17, 15) is 4.79 Å². The molecule has 0 spiro atoms. The second-order valence-electron chi connectivity index (χ2n) is 3.83. The molecular weight excluding hydrogens is 172 g/mol. The van der Waals surface area contributed by atoms with Crippen molar-refractivity contribution in [2.45, 2.75) is 18.0 Å². The summed E-state index contributed by atoms with van der Waals surface area (Å²) < 4.78 is 5.02. The van der Waals surface area contributed by atoms with E-state index in [1.807, 2.05) is 0 Å². The first-order valence-electron chi connectivity index (χ1n) is 4.48. The Bertz CT molecular complexity index is 211. The number of carboxylic acids is 1. The average Bonchev–Trinajstić information content (AvgIpc) is 1.90. The van der Waals surface area contributed by atoms with Crippen LogP contribution in [-0.4, -0.2) is 49.0 Å². The molecule has 2 saturated heterocycles. The highest BCUT2D eigenvalue weighted by molar-refractivity contribution is 5.68. The lowest BCUT2D eigenvalue weighted by Crippen LogP contribution is -2.72. The molecule has 2 fully saturated rings. The van der Waals surface area contributed by atoms with E-state index in [2.05, 4.69) is 10.6 Å². The molecule has 0 unspecified atom stereocenters. The third-order valence-electron chi connectivity index (χ3n) is 2.56. The highest BCUT2D eigenvalue weighted by Gasteiger charge is 2.41. The molecule has 74 valence electrons. The molecule has 0 radical (unpaired) electrons. The molecule has 3 N–H and O–H groups in total. The number of nitrogens with one attached hydrogen (secondary N) is 2. The first-order valence-corrected chi connectivity index (χ1v) is 4.48. The molecule has 2 aliphatic heterocycles. The van der Waals surface area contributed by atoms with E-state index in [4.69, 9.17) is 9.84 Å². The number of hydrogen-bond donors (Lipinski definition) is 3. The van der Waals surface area contributed by atoms with E-state index in [0.29, 0.717) is 19.3 Å². The fraction of sp³-hybridized carbons (Fsp3) is 0.875. The summed E-state index contributed by atoms with van der Waals surface area (Å²) in [6.07, 6.45) is 0.191. The zero-order valence-electron chi connectivity index (χ0n) is 7.38. The quantitative estimate of drug-likeness (QED) is 0.514. The van der Waals surface area contributed by atoms with E-state index in [0.717, 1.165) is 13.1 Å². The van der Waals surface area contributed by atoms with Crippen molar-refractivity contribution in [2.75, 3.05) is 26.3 Å². The van der Waals surface area contributed by atoms with Crippen LogP contribution in [0.1, 0.15) is 6.42 Å². The van der Waals surface area contributed by atoms with Gasteiger partial charge in [0.15, 0.2) is 0 Å². The fourth-order valence-electron chi connectivity index (χ4n) is 1.75. The van der Waals surface area contributed by atoms with Crippen molar-refractivity contribution >= 4 is 5.97 Å². The second-order valence-corrected chi connectivity index (χ2v) is 3.83. The van der Waals surface area contributed by atoms with Crippen molar-refractivity contribution in [3.05, 3.63) is 0 Å². The van der Waals surface area contributed by atoms with E-state index in [1.54, 1.807) is 0 Å². The minimum atomic E-state index is -0.741. The van der Waals surface area contributed by atoms with Crippen LogP contribution in [-0.2, 0) is 9.53 Å². The molecule has 0 aromatic heterocycles. The predicted octanol–water partition coefficient (Wildman–Crippen LogP) is -1.21. The molecule has 0 aromatic rings. The van der Waals surface area contributed by atoms with Crippen molar-refractivity contribution in [3.63, 3.8) is 0 Å². The number of carboxylic acid groups (broad SMARTS) is 1. The molecule has 0 atom stereocenters. The maximum Gasteiger partial charge on any atom is 0.305 e. The van der Waals surface area contributed by atoms with Crippen molar-refractivity contribution < 1.29 is 14.6 Å². The molecule has 5 heteroatoms. The average molecular weight is 186 g/mol. The smallest absolute Gasteiger partial charge is 0.305 e. The lowest BCUT2D eigenvalue weighted by Gasteiger charge is -2.46. The Morgan fingerprint density at radius 2 is 2.31 bits per heavy atom. The van der Waals surface area contributed by atoms with Crippen LogP contribution >= 0.6 is 0 Å². The van der Waals surface area contributed by atoms with E-state index >= 15 is 0 Å². The Labute approximate surface area is 76.5 Å². The SMILES string of the molecule is O=C(O)CC1(NC2COC2)CNC1. The van der Waals surface area contributed by atoms with Gasteiger partial charge in [-0.1, -0.05) is 0 Å². The highest BCUT2D eigenvalue weighted by atomic mass is 16.5. The van der Waals surface area contributed by atoms with Gasteiger partial charge >= 0.3 is 5.97 Å². The Hall–Kier alpha value is -0.650. The van der Waals surface area contributed by atoms with E-state index in [-0.39, 0.29) is 12.0 Å². The van der Waals surface area contributed by atoms with E-state index < -0.39 is 5.97 Å². The Balaban J connectivity index is 1.86. The molecule has 2 aliphatic rings. The summed E-state index contributed by atoms with van der Waals surface area (Å²) >= 11 is 0. The van der Waals surface area contributed by atoms with Gasteiger partial charge in [0.05, 0.1) is 31.2 Å². The molecule has 0 amide bonds. The van der Waals surface area contributed by atoms with Crippen LogP contribution in [0.4, 0.5) is 0 Å². The topological polar surface area (TPSA) is 70.6 Å². The minimum absolute atomic E-state index is 0.191. The number of ether oxygens (including phenoxy) is 1. The normalized spacial score (nSPS) is 26.2. The zero-order valence-corrected chi connectivity index (χ0v) is 7.38. The summed E-state index contributed by atoms with van der Waals surface area (Å²) in [5, 5.41) is 15.1. The van der Waals surface area contributed by atoms with Gasteiger partial charge in [-0.25, -0.2) is 0 Å². The summed E-state index contributed by atoms with van der Waals surface area (Å²) in [4.78, 5) is 10.6. The Morgan fingerprint density at radius 1 is 1.62 bits per heavy atom. The Kier molecular flexibility index (Phi) is 2.23. The van der Waals surface area contributed by atoms with Crippen LogP contribution in [0.15, 0.2) is 0 Å². The summed E-state index contributed by atoms with van der Waals surface area (Å²) in [5.74, 6) is -0.741. The maximum absolute atomic E-state index is 10.6. The van der Waals surface area contributed by atoms with Crippen molar-refractivity contribution in [3.8, 4) is 0 Å². The van der Waals surface area contributed by atoms with Gasteiger partial charge < -0.3 is 20.5 Å². The fourth-order valence-corrected chi connectivity index (χ4v) is 1.75. The molecule has 2 rings (SSSR count). The van der Waals surface area contributed by atoms with Crippen LogP contribution in [0.3, 0.4) is 0 Å². The number of hydrogen-bond acceptors (Lipinski definition) is 4. The second kappa shape index (κ2) is 3.25. The predicted molar refractivity (Wildman–Crippen MR) is 45.6 cm³/mol. The van der Waals surface area contributed by atoms with Crippen LogP contribution in [0.5, 0.6) is 0 Å². The first kappa shape index (κ1) is 8.93. The van der Waals surface area contributed by atoms with Crippen LogP contribution in [0, 0.1) is 0 Å². The zero-order chi connectivity index (χ0) is 9.31. The number of aliphatic carboxylic acids is 1. The van der Waals surface area contributed by atoms with Crippen LogP contribution < -0.4 is 10.6 Å². The Morgan fingerprint density at radius 3 is 2.62 bits per heavy atom. The molecule has 0 bridgehead atoms. The van der Waals surface area contributed by atoms with Gasteiger partial charge in [0.2, 0.25) is 0 Å². The largest absolute Gasteiger partial charge is 0.481 e. The van der Waals surface area contributed by atoms with Crippen molar-refractivity contribution in [1.82, 2.24) is 10.6 Å². The third-order valence-corrected chi connectivity index (χ3v) is 2.56. The highest BCUT2D eigenvalue weighted by Crippen LogP contribution is 2.18. The van der Waals surface area contributed by atoms with Gasteiger partial charge in [0.25, 0.3) is 0 Å². The minimum Gasteiger partial charge on any atom is -0.481 e. The van der Waals surface area contributed by atoms with Gasteiger partial charge in [-0.3, -0.25) is 4.79 Å². The van der Waals surface area contributed by atoms with Crippen LogP contribution in [0.2, 0.25) is 0 Å². The molecule has 0 aromatic carbocycles. The number of carbonyl (C=O) groups is 1. The van der Waals surface area contributed by atoms with Crippen molar-refractivity contribution in [2.24, 2.45) is 0 Å². The lowest BCUT2D eigenvalue weighted by molar-refractivity contribution is -0.140. The summed E-state index contributed by atoms with van der Waals surface area (Å²) in [6.45, 7) is 2.91. The first-order chi connectivity index (χ1) is 6.20. The third kappa shape index (κ3) is 1.82. The monoisotopic (exact) mass is 186 g/mol. The van der Waals surface area contributed by atoms with E-state index in [1.165, 1.54) is 0 Å². The summed E-state index contributed by atoms with van der Waals surface area (Å²) in [7, 11) is 0. The molecule has 2 heterocycles. The summed E-state index contributed by atoms with van der Waals surface area (Å²) in [5.41, 5.74) is -0.222.